The Kier molecular flexibility index (Phi) is 5.74. The van der Waals surface area contributed by atoms with E-state index in [4.69, 9.17) is 9.47 Å². The number of rotatable bonds is 5. The summed E-state index contributed by atoms with van der Waals surface area (Å²) in [6.07, 6.45) is -3.37. The number of ether oxygens (including phenoxy) is 2. The highest BCUT2D eigenvalue weighted by Crippen LogP contribution is 2.38. The standard InChI is InChI=1S/C26H24F3NO3/c27-26(28,29)22-4-2-1-3-21(22)19-7-9-30(16-19)10-8-23(31)18-6-5-17-14-24-25(15-20(17)13-18)33-12-11-32-24/h1-6,13-15,19H,7-12,16H2. The predicted octanol–water partition coefficient (Wildman–Crippen LogP) is 5.69. The van der Waals surface area contributed by atoms with E-state index in [1.807, 2.05) is 30.3 Å². The monoisotopic (exact) mass is 455 g/mol. The van der Waals surface area contributed by atoms with Gasteiger partial charge >= 0.3 is 6.18 Å². The zero-order chi connectivity index (χ0) is 23.0. The largest absolute Gasteiger partial charge is 0.486 e. The highest BCUT2D eigenvalue weighted by Gasteiger charge is 2.36. The van der Waals surface area contributed by atoms with Gasteiger partial charge in [-0.05, 0) is 59.5 Å². The first-order chi connectivity index (χ1) is 15.9. The average molecular weight is 455 g/mol. The van der Waals surface area contributed by atoms with Crippen LogP contribution in [0.15, 0.2) is 54.6 Å². The second-order valence-electron chi connectivity index (χ2n) is 8.60. The summed E-state index contributed by atoms with van der Waals surface area (Å²) in [4.78, 5) is 14.9. The normalized spacial score (nSPS) is 18.6. The van der Waals surface area contributed by atoms with Crippen LogP contribution in [0.1, 0.15) is 40.2 Å². The molecule has 0 amide bonds. The topological polar surface area (TPSA) is 38.8 Å². The first-order valence-corrected chi connectivity index (χ1v) is 11.1. The molecule has 1 saturated heterocycles. The van der Waals surface area contributed by atoms with Crippen LogP contribution in [-0.2, 0) is 6.18 Å². The molecule has 0 N–H and O–H groups in total. The van der Waals surface area contributed by atoms with Gasteiger partial charge in [0.05, 0.1) is 5.56 Å². The smallest absolute Gasteiger partial charge is 0.416 e. The molecule has 7 heteroatoms. The lowest BCUT2D eigenvalue weighted by atomic mass is 9.93. The van der Waals surface area contributed by atoms with Crippen molar-refractivity contribution in [2.24, 2.45) is 0 Å². The number of benzene rings is 3. The quantitative estimate of drug-likeness (QED) is 0.463. The summed E-state index contributed by atoms with van der Waals surface area (Å²) in [6.45, 7) is 2.77. The Balaban J connectivity index is 1.23. The maximum atomic E-state index is 13.4. The van der Waals surface area contributed by atoms with Gasteiger partial charge < -0.3 is 14.4 Å². The van der Waals surface area contributed by atoms with Crippen molar-refractivity contribution in [3.8, 4) is 11.5 Å². The molecule has 0 aliphatic carbocycles. The summed E-state index contributed by atoms with van der Waals surface area (Å²) in [5.74, 6) is 1.24. The van der Waals surface area contributed by atoms with Gasteiger partial charge in [-0.25, -0.2) is 0 Å². The van der Waals surface area contributed by atoms with E-state index in [1.54, 1.807) is 12.1 Å². The van der Waals surface area contributed by atoms with Gasteiger partial charge in [0.2, 0.25) is 0 Å². The van der Waals surface area contributed by atoms with Crippen LogP contribution in [0.2, 0.25) is 0 Å². The molecule has 0 bridgehead atoms. The molecule has 5 rings (SSSR count). The summed E-state index contributed by atoms with van der Waals surface area (Å²) < 4.78 is 51.4. The molecule has 33 heavy (non-hydrogen) atoms. The molecule has 1 fully saturated rings. The van der Waals surface area contributed by atoms with Crippen LogP contribution in [0.25, 0.3) is 10.8 Å². The number of carbonyl (C=O) groups excluding carboxylic acids is 1. The number of likely N-dealkylation sites (tertiary alicyclic amines) is 1. The van der Waals surface area contributed by atoms with Crippen molar-refractivity contribution in [2.45, 2.75) is 24.9 Å². The Morgan fingerprint density at radius 3 is 2.45 bits per heavy atom. The number of halogens is 3. The van der Waals surface area contributed by atoms with Crippen molar-refractivity contribution < 1.29 is 27.4 Å². The molecule has 0 radical (unpaired) electrons. The van der Waals surface area contributed by atoms with Crippen molar-refractivity contribution >= 4 is 16.6 Å². The maximum Gasteiger partial charge on any atom is 0.416 e. The third-order valence-corrected chi connectivity index (χ3v) is 6.46. The van der Waals surface area contributed by atoms with Crippen molar-refractivity contribution in [1.82, 2.24) is 4.90 Å². The second-order valence-corrected chi connectivity index (χ2v) is 8.60. The highest BCUT2D eigenvalue weighted by molar-refractivity contribution is 6.00. The third kappa shape index (κ3) is 4.55. The summed E-state index contributed by atoms with van der Waals surface area (Å²) in [5.41, 5.74) is 0.417. The molecule has 172 valence electrons. The lowest BCUT2D eigenvalue weighted by Gasteiger charge is -2.19. The molecule has 2 aliphatic heterocycles. The molecular formula is C26H24F3NO3. The van der Waals surface area contributed by atoms with Crippen LogP contribution in [0, 0.1) is 0 Å². The van der Waals surface area contributed by atoms with E-state index < -0.39 is 11.7 Å². The molecule has 3 aromatic rings. The second kappa shape index (κ2) is 8.71. The Morgan fingerprint density at radius 2 is 1.70 bits per heavy atom. The first-order valence-electron chi connectivity index (χ1n) is 11.1. The molecule has 3 aromatic carbocycles. The van der Waals surface area contributed by atoms with Gasteiger partial charge in [0.15, 0.2) is 17.3 Å². The number of fused-ring (bicyclic) bond motifs is 2. The number of hydrogen-bond acceptors (Lipinski definition) is 4. The minimum atomic E-state index is -4.35. The van der Waals surface area contributed by atoms with Gasteiger partial charge in [0.25, 0.3) is 0 Å². The van der Waals surface area contributed by atoms with Crippen molar-refractivity contribution in [2.75, 3.05) is 32.8 Å². The van der Waals surface area contributed by atoms with Gasteiger partial charge in [0.1, 0.15) is 13.2 Å². The van der Waals surface area contributed by atoms with Crippen LogP contribution in [-0.4, -0.2) is 43.5 Å². The Morgan fingerprint density at radius 1 is 0.970 bits per heavy atom. The lowest BCUT2D eigenvalue weighted by molar-refractivity contribution is -0.138. The molecule has 0 aromatic heterocycles. The van der Waals surface area contributed by atoms with Gasteiger partial charge in [-0.2, -0.15) is 13.2 Å². The van der Waals surface area contributed by atoms with Gasteiger partial charge in [-0.15, -0.1) is 0 Å². The Labute approximate surface area is 189 Å². The summed E-state index contributed by atoms with van der Waals surface area (Å²) in [6, 6.07) is 15.2. The van der Waals surface area contributed by atoms with E-state index in [1.165, 1.54) is 6.07 Å². The number of Topliss-reactive ketones (excluding diaryl/α,β-unsaturated/α-hetero) is 1. The van der Waals surface area contributed by atoms with Crippen LogP contribution in [0.5, 0.6) is 11.5 Å². The average Bonchev–Trinajstić information content (AvgIpc) is 3.29. The molecule has 2 heterocycles. The minimum Gasteiger partial charge on any atom is -0.486 e. The first kappa shape index (κ1) is 21.8. The van der Waals surface area contributed by atoms with Crippen LogP contribution in [0.3, 0.4) is 0 Å². The number of hydrogen-bond donors (Lipinski definition) is 0. The van der Waals surface area contributed by atoms with Crippen LogP contribution in [0.4, 0.5) is 13.2 Å². The maximum absolute atomic E-state index is 13.4. The zero-order valence-electron chi connectivity index (χ0n) is 18.0. The van der Waals surface area contributed by atoms with E-state index >= 15 is 0 Å². The molecule has 2 aliphatic rings. The van der Waals surface area contributed by atoms with Crippen molar-refractivity contribution in [3.05, 3.63) is 71.3 Å². The van der Waals surface area contributed by atoms with E-state index in [0.29, 0.717) is 68.3 Å². The predicted molar refractivity (Wildman–Crippen MR) is 119 cm³/mol. The molecular weight excluding hydrogens is 431 g/mol. The number of alkyl halides is 3. The van der Waals surface area contributed by atoms with E-state index in [0.717, 1.165) is 16.8 Å². The number of ketones is 1. The Bertz CT molecular complexity index is 1190. The summed E-state index contributed by atoms with van der Waals surface area (Å²) in [7, 11) is 0. The number of carbonyl (C=O) groups is 1. The fourth-order valence-corrected chi connectivity index (χ4v) is 4.76. The van der Waals surface area contributed by atoms with E-state index in [-0.39, 0.29) is 11.7 Å². The Hall–Kier alpha value is -3.06. The SMILES string of the molecule is O=C(CCN1CCC(c2ccccc2C(F)(F)F)C1)c1ccc2cc3c(cc2c1)OCCO3. The molecule has 1 unspecified atom stereocenters. The van der Waals surface area contributed by atoms with Crippen molar-refractivity contribution in [3.63, 3.8) is 0 Å². The fraction of sp³-hybridized carbons (Fsp3) is 0.346. The van der Waals surface area contributed by atoms with E-state index in [2.05, 4.69) is 4.90 Å². The van der Waals surface area contributed by atoms with Gasteiger partial charge in [0, 0.05) is 25.1 Å². The zero-order valence-corrected chi connectivity index (χ0v) is 18.0. The van der Waals surface area contributed by atoms with Crippen molar-refractivity contribution in [1.29, 1.82) is 0 Å². The number of nitrogens with zero attached hydrogens (tertiary/aromatic N) is 1. The minimum absolute atomic E-state index is 0.0194. The van der Waals surface area contributed by atoms with Crippen LogP contribution >= 0.6 is 0 Å². The fourth-order valence-electron chi connectivity index (χ4n) is 4.76. The van der Waals surface area contributed by atoms with E-state index in [9.17, 15) is 18.0 Å². The highest BCUT2D eigenvalue weighted by atomic mass is 19.4. The van der Waals surface area contributed by atoms with Gasteiger partial charge in [-0.3, -0.25) is 4.79 Å². The summed E-state index contributed by atoms with van der Waals surface area (Å²) in [5, 5.41) is 1.89. The molecule has 4 nitrogen and oxygen atoms in total. The molecule has 1 atom stereocenters. The molecule has 0 spiro atoms. The summed E-state index contributed by atoms with van der Waals surface area (Å²) >= 11 is 0. The third-order valence-electron chi connectivity index (χ3n) is 6.46. The van der Waals surface area contributed by atoms with Gasteiger partial charge in [-0.1, -0.05) is 30.3 Å². The molecule has 0 saturated carbocycles. The van der Waals surface area contributed by atoms with Crippen LogP contribution < -0.4 is 9.47 Å². The lowest BCUT2D eigenvalue weighted by Crippen LogP contribution is -2.24.